The normalized spacial score (nSPS) is 11.8. The first kappa shape index (κ1) is 21.1. The summed E-state index contributed by atoms with van der Waals surface area (Å²) in [6.07, 6.45) is 0.729. The molecule has 162 valence electrons. The molecule has 33 heavy (non-hydrogen) atoms. The average molecular weight is 431 g/mol. The van der Waals surface area contributed by atoms with E-state index in [-0.39, 0.29) is 11.6 Å². The zero-order valence-corrected chi connectivity index (χ0v) is 19.5. The molecule has 0 radical (unpaired) electrons. The van der Waals surface area contributed by atoms with Crippen molar-refractivity contribution in [3.63, 3.8) is 0 Å². The second-order valence-electron chi connectivity index (χ2n) is 9.07. The third-order valence-corrected chi connectivity index (χ3v) is 7.10. The van der Waals surface area contributed by atoms with Crippen molar-refractivity contribution in [1.82, 2.24) is 0 Å². The van der Waals surface area contributed by atoms with Crippen LogP contribution in [-0.4, -0.2) is 11.6 Å². The molecule has 0 heterocycles. The second-order valence-corrected chi connectivity index (χ2v) is 9.07. The summed E-state index contributed by atoms with van der Waals surface area (Å²) >= 11 is 0. The van der Waals surface area contributed by atoms with Gasteiger partial charge in [0, 0.05) is 22.3 Å². The Balaban J connectivity index is 1.47. The first-order valence-corrected chi connectivity index (χ1v) is 11.3. The van der Waals surface area contributed by atoms with E-state index in [0.29, 0.717) is 11.1 Å². The lowest BCUT2D eigenvalue weighted by atomic mass is 9.93. The molecule has 1 aliphatic rings. The molecule has 0 aromatic heterocycles. The lowest BCUT2D eigenvalue weighted by molar-refractivity contribution is 0.103. The molecule has 0 atom stereocenters. The molecule has 0 aliphatic heterocycles. The summed E-state index contributed by atoms with van der Waals surface area (Å²) in [6.45, 7) is 8.06. The fourth-order valence-corrected chi connectivity index (χ4v) is 4.80. The number of ketones is 2. The van der Waals surface area contributed by atoms with E-state index in [0.717, 1.165) is 62.1 Å². The summed E-state index contributed by atoms with van der Waals surface area (Å²) in [5.74, 6) is 0.112. The highest BCUT2D eigenvalue weighted by Gasteiger charge is 2.23. The van der Waals surface area contributed by atoms with E-state index >= 15 is 0 Å². The number of hydrogen-bond acceptors (Lipinski definition) is 2. The minimum atomic E-state index is 0.0562. The molecule has 0 unspecified atom stereocenters. The van der Waals surface area contributed by atoms with Crippen molar-refractivity contribution in [3.05, 3.63) is 128 Å². The van der Waals surface area contributed by atoms with Crippen LogP contribution < -0.4 is 0 Å². The van der Waals surface area contributed by atoms with Crippen LogP contribution in [0.2, 0.25) is 0 Å². The van der Waals surface area contributed by atoms with E-state index < -0.39 is 0 Å². The second kappa shape index (κ2) is 7.97. The van der Waals surface area contributed by atoms with Crippen LogP contribution in [0.15, 0.2) is 72.8 Å². The van der Waals surface area contributed by atoms with E-state index in [1.54, 1.807) is 0 Å². The number of carbonyl (C=O) groups is 2. The molecular weight excluding hydrogens is 404 g/mol. The Kier molecular flexibility index (Phi) is 5.09. The van der Waals surface area contributed by atoms with Crippen molar-refractivity contribution >= 4 is 11.6 Å². The summed E-state index contributed by atoms with van der Waals surface area (Å²) in [4.78, 5) is 26.4. The third kappa shape index (κ3) is 3.52. The monoisotopic (exact) mass is 430 g/mol. The molecule has 0 amide bonds. The van der Waals surface area contributed by atoms with E-state index in [4.69, 9.17) is 0 Å². The maximum absolute atomic E-state index is 13.2. The van der Waals surface area contributed by atoms with Crippen molar-refractivity contribution < 1.29 is 9.59 Å². The Hall–Kier alpha value is -3.78. The fourth-order valence-electron chi connectivity index (χ4n) is 4.80. The van der Waals surface area contributed by atoms with Gasteiger partial charge in [0.2, 0.25) is 0 Å². The number of hydrogen-bond donors (Lipinski definition) is 0. The Morgan fingerprint density at radius 3 is 1.42 bits per heavy atom. The molecule has 0 N–H and O–H groups in total. The molecule has 4 aromatic carbocycles. The van der Waals surface area contributed by atoms with Crippen LogP contribution >= 0.6 is 0 Å². The Bertz CT molecular complexity index is 1350. The van der Waals surface area contributed by atoms with Gasteiger partial charge >= 0.3 is 0 Å². The number of benzene rings is 4. The third-order valence-electron chi connectivity index (χ3n) is 7.10. The Morgan fingerprint density at radius 1 is 0.576 bits per heavy atom. The van der Waals surface area contributed by atoms with E-state index in [1.807, 2.05) is 100 Å². The van der Waals surface area contributed by atoms with Gasteiger partial charge in [-0.25, -0.2) is 0 Å². The predicted octanol–water partition coefficient (Wildman–Crippen LogP) is 6.95. The van der Waals surface area contributed by atoms with Crippen molar-refractivity contribution in [3.8, 4) is 11.1 Å². The van der Waals surface area contributed by atoms with Crippen molar-refractivity contribution in [2.75, 3.05) is 0 Å². The summed E-state index contributed by atoms with van der Waals surface area (Å²) < 4.78 is 0. The first-order chi connectivity index (χ1) is 15.8. The highest BCUT2D eigenvalue weighted by Crippen LogP contribution is 2.38. The van der Waals surface area contributed by atoms with Gasteiger partial charge < -0.3 is 0 Å². The maximum atomic E-state index is 13.2. The van der Waals surface area contributed by atoms with E-state index in [9.17, 15) is 9.59 Å². The molecule has 0 spiro atoms. The molecular formula is C31H26O2. The van der Waals surface area contributed by atoms with Gasteiger partial charge in [-0.05, 0) is 90.8 Å². The SMILES string of the molecule is Cc1cccc(C(=O)c2ccc3c(c2)Cc2cc(C(=O)c4cccc(C)c4C)ccc2-3)c1C. The van der Waals surface area contributed by atoms with Crippen LogP contribution in [0.4, 0.5) is 0 Å². The molecule has 4 aromatic rings. The molecule has 0 saturated carbocycles. The van der Waals surface area contributed by atoms with Gasteiger partial charge in [-0.15, -0.1) is 0 Å². The van der Waals surface area contributed by atoms with Gasteiger partial charge in [-0.3, -0.25) is 9.59 Å². The first-order valence-electron chi connectivity index (χ1n) is 11.3. The number of carbonyl (C=O) groups excluding carboxylic acids is 2. The molecule has 2 heteroatoms. The van der Waals surface area contributed by atoms with Crippen LogP contribution in [0.1, 0.15) is 65.2 Å². The van der Waals surface area contributed by atoms with E-state index in [2.05, 4.69) is 0 Å². The van der Waals surface area contributed by atoms with Crippen LogP contribution in [0, 0.1) is 27.7 Å². The molecule has 0 bridgehead atoms. The minimum absolute atomic E-state index is 0.0562. The quantitative estimate of drug-likeness (QED) is 0.289. The lowest BCUT2D eigenvalue weighted by Gasteiger charge is -2.09. The van der Waals surface area contributed by atoms with Gasteiger partial charge in [-0.2, -0.15) is 0 Å². The van der Waals surface area contributed by atoms with Gasteiger partial charge in [0.25, 0.3) is 0 Å². The van der Waals surface area contributed by atoms with Crippen molar-refractivity contribution in [2.24, 2.45) is 0 Å². The molecule has 0 fully saturated rings. The summed E-state index contributed by atoms with van der Waals surface area (Å²) in [6, 6.07) is 23.7. The standard InChI is InChI=1S/C31H26O2/c1-18-7-5-9-26(20(18)3)30(32)22-11-13-28-24(15-22)17-25-16-23(12-14-29(25)28)31(33)27-10-6-8-19(2)21(27)4/h5-16H,17H2,1-4H3. The predicted molar refractivity (Wildman–Crippen MR) is 133 cm³/mol. The van der Waals surface area contributed by atoms with Crippen LogP contribution in [0.5, 0.6) is 0 Å². The number of fused-ring (bicyclic) bond motifs is 3. The number of aryl methyl sites for hydroxylation is 2. The topological polar surface area (TPSA) is 34.1 Å². The molecule has 5 rings (SSSR count). The van der Waals surface area contributed by atoms with Gasteiger partial charge in [-0.1, -0.05) is 60.7 Å². The largest absolute Gasteiger partial charge is 0.289 e. The van der Waals surface area contributed by atoms with Crippen molar-refractivity contribution in [1.29, 1.82) is 0 Å². The smallest absolute Gasteiger partial charge is 0.193 e. The summed E-state index contributed by atoms with van der Waals surface area (Å²) in [5.41, 5.74) is 11.8. The van der Waals surface area contributed by atoms with E-state index in [1.165, 1.54) is 0 Å². The van der Waals surface area contributed by atoms with Crippen LogP contribution in [-0.2, 0) is 6.42 Å². The van der Waals surface area contributed by atoms with Crippen molar-refractivity contribution in [2.45, 2.75) is 34.1 Å². The summed E-state index contributed by atoms with van der Waals surface area (Å²) in [7, 11) is 0. The molecule has 2 nitrogen and oxygen atoms in total. The van der Waals surface area contributed by atoms with Gasteiger partial charge in [0.1, 0.15) is 0 Å². The Morgan fingerprint density at radius 2 is 1.00 bits per heavy atom. The van der Waals surface area contributed by atoms with Crippen LogP contribution in [0.3, 0.4) is 0 Å². The number of rotatable bonds is 4. The Labute approximate surface area is 194 Å². The highest BCUT2D eigenvalue weighted by molar-refractivity contribution is 6.11. The van der Waals surface area contributed by atoms with Gasteiger partial charge in [0.05, 0.1) is 0 Å². The minimum Gasteiger partial charge on any atom is -0.289 e. The fraction of sp³-hybridized carbons (Fsp3) is 0.161. The average Bonchev–Trinajstić information content (AvgIpc) is 3.18. The maximum Gasteiger partial charge on any atom is 0.193 e. The highest BCUT2D eigenvalue weighted by atomic mass is 16.1. The zero-order valence-electron chi connectivity index (χ0n) is 19.5. The molecule has 0 saturated heterocycles. The molecule has 1 aliphatic carbocycles. The van der Waals surface area contributed by atoms with Gasteiger partial charge in [0.15, 0.2) is 11.6 Å². The summed E-state index contributed by atoms with van der Waals surface area (Å²) in [5, 5.41) is 0. The zero-order chi connectivity index (χ0) is 23.3. The lowest BCUT2D eigenvalue weighted by Crippen LogP contribution is -2.05. The van der Waals surface area contributed by atoms with Crippen LogP contribution in [0.25, 0.3) is 11.1 Å².